The van der Waals surface area contributed by atoms with Crippen LogP contribution in [-0.4, -0.2) is 11.1 Å². The summed E-state index contributed by atoms with van der Waals surface area (Å²) in [5.41, 5.74) is 1.18. The number of hydrogen-bond donors (Lipinski definition) is 1. The second-order valence-corrected chi connectivity index (χ2v) is 5.56. The van der Waals surface area contributed by atoms with E-state index in [1.165, 1.54) is 27.0 Å². The lowest BCUT2D eigenvalue weighted by Gasteiger charge is -1.99. The van der Waals surface area contributed by atoms with Gasteiger partial charge < -0.3 is 9.52 Å². The van der Waals surface area contributed by atoms with Crippen LogP contribution in [0.25, 0.3) is 0 Å². The van der Waals surface area contributed by atoms with E-state index < -0.39 is 5.97 Å². The zero-order valence-electron chi connectivity index (χ0n) is 8.72. The first-order chi connectivity index (χ1) is 8.15. The molecule has 0 fully saturated rings. The highest BCUT2D eigenvalue weighted by molar-refractivity contribution is 14.1. The fourth-order valence-electron chi connectivity index (χ4n) is 1.25. The number of carboxylic acids is 1. The SMILES string of the molecule is O=C(O)c1ccc(SCc2ccc(I)cc2)o1. The Morgan fingerprint density at radius 3 is 2.53 bits per heavy atom. The van der Waals surface area contributed by atoms with Gasteiger partial charge in [-0.1, -0.05) is 23.9 Å². The van der Waals surface area contributed by atoms with Crippen LogP contribution in [-0.2, 0) is 5.75 Å². The summed E-state index contributed by atoms with van der Waals surface area (Å²) in [6, 6.07) is 11.3. The van der Waals surface area contributed by atoms with Gasteiger partial charge in [-0.15, -0.1) is 0 Å². The highest BCUT2D eigenvalue weighted by Crippen LogP contribution is 2.25. The zero-order valence-corrected chi connectivity index (χ0v) is 11.7. The van der Waals surface area contributed by atoms with Crippen LogP contribution in [0.1, 0.15) is 16.1 Å². The number of halogens is 1. The van der Waals surface area contributed by atoms with E-state index in [1.54, 1.807) is 6.07 Å². The molecule has 0 radical (unpaired) electrons. The van der Waals surface area contributed by atoms with Gasteiger partial charge in [0.25, 0.3) is 0 Å². The van der Waals surface area contributed by atoms with Crippen molar-refractivity contribution in [3.8, 4) is 0 Å². The molecule has 1 N–H and O–H groups in total. The molecule has 2 aromatic rings. The molecular weight excluding hydrogens is 351 g/mol. The molecule has 1 aromatic carbocycles. The number of hydrogen-bond acceptors (Lipinski definition) is 3. The van der Waals surface area contributed by atoms with Crippen LogP contribution in [0.3, 0.4) is 0 Å². The summed E-state index contributed by atoms with van der Waals surface area (Å²) >= 11 is 3.74. The van der Waals surface area contributed by atoms with Gasteiger partial charge in [0.1, 0.15) is 0 Å². The summed E-state index contributed by atoms with van der Waals surface area (Å²) in [7, 11) is 0. The lowest BCUT2D eigenvalue weighted by molar-refractivity contribution is 0.0656. The molecule has 0 aliphatic carbocycles. The van der Waals surface area contributed by atoms with E-state index in [2.05, 4.69) is 34.7 Å². The van der Waals surface area contributed by atoms with Gasteiger partial charge >= 0.3 is 5.97 Å². The summed E-state index contributed by atoms with van der Waals surface area (Å²) in [5, 5.41) is 9.34. The lowest BCUT2D eigenvalue weighted by atomic mass is 10.2. The van der Waals surface area contributed by atoms with E-state index in [4.69, 9.17) is 9.52 Å². The highest BCUT2D eigenvalue weighted by Gasteiger charge is 2.09. The Labute approximate surface area is 116 Å². The van der Waals surface area contributed by atoms with Gasteiger partial charge in [-0.2, -0.15) is 0 Å². The number of furan rings is 1. The Hall–Kier alpha value is -0.950. The van der Waals surface area contributed by atoms with Crippen LogP contribution < -0.4 is 0 Å². The topological polar surface area (TPSA) is 50.4 Å². The van der Waals surface area contributed by atoms with Gasteiger partial charge in [-0.25, -0.2) is 4.79 Å². The van der Waals surface area contributed by atoms with Crippen molar-refractivity contribution in [2.75, 3.05) is 0 Å². The highest BCUT2D eigenvalue weighted by atomic mass is 127. The number of rotatable bonds is 4. The quantitative estimate of drug-likeness (QED) is 0.664. The molecule has 0 spiro atoms. The molecule has 5 heteroatoms. The maximum Gasteiger partial charge on any atom is 0.371 e. The number of aromatic carboxylic acids is 1. The molecule has 0 amide bonds. The average molecular weight is 360 g/mol. The lowest BCUT2D eigenvalue weighted by Crippen LogP contribution is -1.91. The first kappa shape index (κ1) is 12.5. The largest absolute Gasteiger partial charge is 0.475 e. The summed E-state index contributed by atoms with van der Waals surface area (Å²) in [6.07, 6.45) is 0. The van der Waals surface area contributed by atoms with Crippen LogP contribution in [0, 0.1) is 3.57 Å². The monoisotopic (exact) mass is 360 g/mol. The van der Waals surface area contributed by atoms with Crippen molar-refractivity contribution < 1.29 is 14.3 Å². The van der Waals surface area contributed by atoms with Crippen LogP contribution in [0.15, 0.2) is 45.9 Å². The molecule has 2 rings (SSSR count). The Kier molecular flexibility index (Phi) is 4.11. The first-order valence-electron chi connectivity index (χ1n) is 4.85. The Morgan fingerprint density at radius 2 is 1.94 bits per heavy atom. The predicted molar refractivity (Wildman–Crippen MR) is 74.4 cm³/mol. The van der Waals surface area contributed by atoms with Gasteiger partial charge in [0.05, 0.1) is 0 Å². The molecule has 0 bridgehead atoms. The second-order valence-electron chi connectivity index (χ2n) is 3.34. The molecule has 1 aromatic heterocycles. The van der Waals surface area contributed by atoms with Crippen molar-refractivity contribution in [3.05, 3.63) is 51.3 Å². The van der Waals surface area contributed by atoms with Crippen molar-refractivity contribution >= 4 is 40.3 Å². The first-order valence-corrected chi connectivity index (χ1v) is 6.92. The van der Waals surface area contributed by atoms with E-state index in [0.29, 0.717) is 5.09 Å². The van der Waals surface area contributed by atoms with Crippen LogP contribution >= 0.6 is 34.4 Å². The van der Waals surface area contributed by atoms with E-state index in [1.807, 2.05) is 12.1 Å². The van der Waals surface area contributed by atoms with Gasteiger partial charge in [0.15, 0.2) is 5.09 Å². The fourth-order valence-corrected chi connectivity index (χ4v) is 2.42. The Morgan fingerprint density at radius 1 is 1.24 bits per heavy atom. The van der Waals surface area contributed by atoms with Crippen molar-refractivity contribution in [2.45, 2.75) is 10.8 Å². The standard InChI is InChI=1S/C12H9IO3S/c13-9-3-1-8(2-4-9)7-17-11-6-5-10(16-11)12(14)15/h1-6H,7H2,(H,14,15). The summed E-state index contributed by atoms with van der Waals surface area (Å²) in [4.78, 5) is 10.6. The Balaban J connectivity index is 1.97. The Bertz CT molecular complexity index is 519. The minimum atomic E-state index is -1.04. The van der Waals surface area contributed by atoms with E-state index in [-0.39, 0.29) is 5.76 Å². The van der Waals surface area contributed by atoms with Crippen LogP contribution in [0.4, 0.5) is 0 Å². The van der Waals surface area contributed by atoms with Gasteiger partial charge in [-0.05, 0) is 52.4 Å². The smallest absolute Gasteiger partial charge is 0.371 e. The maximum absolute atomic E-state index is 10.6. The van der Waals surface area contributed by atoms with Gasteiger partial charge in [0, 0.05) is 9.32 Å². The number of benzene rings is 1. The molecule has 0 aliphatic heterocycles. The third kappa shape index (κ3) is 3.50. The molecule has 0 saturated carbocycles. The number of carbonyl (C=O) groups is 1. The summed E-state index contributed by atoms with van der Waals surface area (Å²) in [5.74, 6) is -0.287. The molecule has 0 unspecified atom stereocenters. The van der Waals surface area contributed by atoms with Crippen LogP contribution in [0.5, 0.6) is 0 Å². The molecule has 0 atom stereocenters. The minimum absolute atomic E-state index is 0.0184. The molecule has 17 heavy (non-hydrogen) atoms. The molecule has 0 saturated heterocycles. The van der Waals surface area contributed by atoms with E-state index in [0.717, 1.165) is 5.75 Å². The van der Waals surface area contributed by atoms with E-state index in [9.17, 15) is 4.79 Å². The molecule has 1 heterocycles. The number of thioether (sulfide) groups is 1. The average Bonchev–Trinajstić information content (AvgIpc) is 2.77. The van der Waals surface area contributed by atoms with Gasteiger partial charge in [-0.3, -0.25) is 0 Å². The summed E-state index contributed by atoms with van der Waals surface area (Å²) in [6.45, 7) is 0. The normalized spacial score (nSPS) is 10.4. The molecule has 0 aliphatic rings. The summed E-state index contributed by atoms with van der Waals surface area (Å²) < 4.78 is 6.35. The van der Waals surface area contributed by atoms with Crippen molar-refractivity contribution in [1.82, 2.24) is 0 Å². The third-order valence-corrected chi connectivity index (χ3v) is 3.79. The molecule has 3 nitrogen and oxygen atoms in total. The van der Waals surface area contributed by atoms with Gasteiger partial charge in [0.2, 0.25) is 5.76 Å². The number of carboxylic acid groups (broad SMARTS) is 1. The van der Waals surface area contributed by atoms with Crippen molar-refractivity contribution in [1.29, 1.82) is 0 Å². The van der Waals surface area contributed by atoms with Crippen LogP contribution in [0.2, 0.25) is 0 Å². The molecule has 88 valence electrons. The predicted octanol–water partition coefficient (Wildman–Crippen LogP) is 3.87. The van der Waals surface area contributed by atoms with Crippen molar-refractivity contribution in [3.63, 3.8) is 0 Å². The maximum atomic E-state index is 10.6. The van der Waals surface area contributed by atoms with E-state index >= 15 is 0 Å². The third-order valence-electron chi connectivity index (χ3n) is 2.09. The zero-order chi connectivity index (χ0) is 12.3. The molecular formula is C12H9IO3S. The minimum Gasteiger partial charge on any atom is -0.475 e. The van der Waals surface area contributed by atoms with Crippen molar-refractivity contribution in [2.24, 2.45) is 0 Å². The second kappa shape index (κ2) is 5.59. The fraction of sp³-hybridized carbons (Fsp3) is 0.0833.